The Balaban J connectivity index is 1.38. The van der Waals surface area contributed by atoms with Crippen LogP contribution in [-0.4, -0.2) is 74.2 Å². The van der Waals surface area contributed by atoms with Gasteiger partial charge in [0.1, 0.15) is 6.04 Å². The fourth-order valence-corrected chi connectivity index (χ4v) is 7.93. The van der Waals surface area contributed by atoms with Gasteiger partial charge in [-0.25, -0.2) is 13.4 Å². The van der Waals surface area contributed by atoms with Gasteiger partial charge in [0.2, 0.25) is 21.8 Å². The molecule has 1 saturated heterocycles. The van der Waals surface area contributed by atoms with Gasteiger partial charge in [0.05, 0.1) is 11.4 Å². The van der Waals surface area contributed by atoms with Crippen molar-refractivity contribution >= 4 is 54.8 Å². The standard InChI is InChI=1S/C28H35N5O4S2/c1-31(2)23-12-6-11-22-21(23)10-7-13-25(22)39(36,37)32-15-16-33(26(34)19-32)24(18-20-8-4-3-5-9-20)27(35)30-28-29-14-17-38-28/h6-7,10-14,17,20,24H,3-5,8-9,15-16,18-19H2,1-2H3,(H,29,30,35). The summed E-state index contributed by atoms with van der Waals surface area (Å²) in [6.45, 7) is -0.00419. The Labute approximate surface area is 233 Å². The maximum atomic E-state index is 13.8. The van der Waals surface area contributed by atoms with E-state index in [2.05, 4.69) is 10.3 Å². The SMILES string of the molecule is CN(C)c1cccc2c(S(=O)(=O)N3CCN(C(CC4CCCCC4)C(=O)Nc4nccs4)C(=O)C3)cccc12. The van der Waals surface area contributed by atoms with Gasteiger partial charge in [-0.05, 0) is 24.5 Å². The molecule has 1 aliphatic heterocycles. The van der Waals surface area contributed by atoms with Crippen molar-refractivity contribution in [1.29, 1.82) is 0 Å². The zero-order chi connectivity index (χ0) is 27.6. The maximum Gasteiger partial charge on any atom is 0.248 e. The minimum atomic E-state index is -3.94. The normalized spacial score (nSPS) is 18.3. The second-order valence-corrected chi connectivity index (χ2v) is 13.3. The van der Waals surface area contributed by atoms with Gasteiger partial charge in [-0.3, -0.25) is 9.59 Å². The molecule has 2 aromatic carbocycles. The lowest BCUT2D eigenvalue weighted by molar-refractivity contribution is -0.142. The summed E-state index contributed by atoms with van der Waals surface area (Å²) < 4.78 is 28.9. The molecular weight excluding hydrogens is 534 g/mol. The molecule has 39 heavy (non-hydrogen) atoms. The molecule has 1 saturated carbocycles. The van der Waals surface area contributed by atoms with E-state index in [0.29, 0.717) is 22.9 Å². The molecule has 0 spiro atoms. The number of benzene rings is 2. The maximum absolute atomic E-state index is 13.8. The Bertz CT molecular complexity index is 1440. The van der Waals surface area contributed by atoms with E-state index in [1.807, 2.05) is 37.2 Å². The first kappa shape index (κ1) is 27.5. The lowest BCUT2D eigenvalue weighted by atomic mass is 9.84. The fourth-order valence-electron chi connectivity index (χ4n) is 5.81. The average molecular weight is 570 g/mol. The van der Waals surface area contributed by atoms with Crippen LogP contribution in [0.1, 0.15) is 38.5 Å². The van der Waals surface area contributed by atoms with Gasteiger partial charge in [-0.1, -0.05) is 56.4 Å². The Morgan fingerprint density at radius 2 is 1.85 bits per heavy atom. The van der Waals surface area contributed by atoms with Crippen molar-refractivity contribution in [3.8, 4) is 0 Å². The third-order valence-electron chi connectivity index (χ3n) is 7.80. The van der Waals surface area contributed by atoms with E-state index >= 15 is 0 Å². The van der Waals surface area contributed by atoms with E-state index < -0.39 is 16.1 Å². The predicted molar refractivity (Wildman–Crippen MR) is 154 cm³/mol. The summed E-state index contributed by atoms with van der Waals surface area (Å²) in [7, 11) is -0.105. The summed E-state index contributed by atoms with van der Waals surface area (Å²) in [6, 6.07) is 10.2. The summed E-state index contributed by atoms with van der Waals surface area (Å²) in [4.78, 5) is 34.8. The first-order chi connectivity index (χ1) is 18.8. The number of aromatic nitrogens is 1. The Kier molecular flexibility index (Phi) is 8.20. The largest absolute Gasteiger partial charge is 0.377 e. The Hall–Kier alpha value is -3.02. The highest BCUT2D eigenvalue weighted by Gasteiger charge is 2.39. The van der Waals surface area contributed by atoms with Crippen molar-refractivity contribution in [3.63, 3.8) is 0 Å². The summed E-state index contributed by atoms with van der Waals surface area (Å²) in [6.07, 6.45) is 7.75. The van der Waals surface area contributed by atoms with Crippen LogP contribution >= 0.6 is 11.3 Å². The number of carbonyl (C=O) groups is 2. The van der Waals surface area contributed by atoms with Gasteiger partial charge in [0, 0.05) is 55.2 Å². The van der Waals surface area contributed by atoms with Crippen LogP contribution in [0.25, 0.3) is 10.8 Å². The Morgan fingerprint density at radius 1 is 1.10 bits per heavy atom. The zero-order valence-electron chi connectivity index (χ0n) is 22.4. The molecule has 1 aromatic heterocycles. The fraction of sp³-hybridized carbons (Fsp3) is 0.464. The second kappa shape index (κ2) is 11.6. The van der Waals surface area contributed by atoms with Crippen LogP contribution in [0.4, 0.5) is 10.8 Å². The third kappa shape index (κ3) is 5.80. The highest BCUT2D eigenvalue weighted by molar-refractivity contribution is 7.89. The van der Waals surface area contributed by atoms with Crippen LogP contribution in [0.2, 0.25) is 0 Å². The van der Waals surface area contributed by atoms with Crippen molar-refractivity contribution in [3.05, 3.63) is 48.0 Å². The number of nitrogens with zero attached hydrogens (tertiary/aromatic N) is 4. The van der Waals surface area contributed by atoms with Crippen LogP contribution in [0.5, 0.6) is 0 Å². The number of thiazole rings is 1. The van der Waals surface area contributed by atoms with Gasteiger partial charge >= 0.3 is 0 Å². The number of fused-ring (bicyclic) bond motifs is 1. The van der Waals surface area contributed by atoms with E-state index in [1.54, 1.807) is 34.7 Å². The van der Waals surface area contributed by atoms with Crippen molar-refractivity contribution < 1.29 is 18.0 Å². The number of piperazine rings is 1. The van der Waals surface area contributed by atoms with Gasteiger partial charge in [-0.2, -0.15) is 4.31 Å². The lowest BCUT2D eigenvalue weighted by Gasteiger charge is -2.39. The molecule has 2 heterocycles. The van der Waals surface area contributed by atoms with E-state index in [4.69, 9.17) is 0 Å². The second-order valence-electron chi connectivity index (χ2n) is 10.5. The van der Waals surface area contributed by atoms with Crippen molar-refractivity contribution in [2.75, 3.05) is 43.9 Å². The first-order valence-electron chi connectivity index (χ1n) is 13.4. The highest BCUT2D eigenvalue weighted by atomic mass is 32.2. The number of hydrogen-bond acceptors (Lipinski definition) is 7. The van der Waals surface area contributed by atoms with Crippen LogP contribution in [-0.2, 0) is 19.6 Å². The molecule has 2 aliphatic rings. The van der Waals surface area contributed by atoms with Gasteiger partial charge in [-0.15, -0.1) is 11.3 Å². The number of anilines is 2. The number of rotatable bonds is 8. The average Bonchev–Trinajstić information content (AvgIpc) is 3.44. The van der Waals surface area contributed by atoms with Crippen LogP contribution in [0.15, 0.2) is 52.9 Å². The zero-order valence-corrected chi connectivity index (χ0v) is 24.0. The minimum absolute atomic E-state index is 0.129. The molecule has 208 valence electrons. The summed E-state index contributed by atoms with van der Waals surface area (Å²) in [5.41, 5.74) is 0.919. The molecular formula is C28H35N5O4S2. The molecule has 1 atom stereocenters. The number of hydrogen-bond donors (Lipinski definition) is 1. The summed E-state index contributed by atoms with van der Waals surface area (Å²) in [5, 5.41) is 6.61. The molecule has 0 bridgehead atoms. The molecule has 2 amide bonds. The van der Waals surface area contributed by atoms with E-state index in [0.717, 1.165) is 36.8 Å². The van der Waals surface area contributed by atoms with Crippen LogP contribution < -0.4 is 10.2 Å². The molecule has 5 rings (SSSR count). The topological polar surface area (TPSA) is 103 Å². The predicted octanol–water partition coefficient (Wildman–Crippen LogP) is 4.17. The molecule has 1 unspecified atom stereocenters. The monoisotopic (exact) mass is 569 g/mol. The highest BCUT2D eigenvalue weighted by Crippen LogP contribution is 2.33. The summed E-state index contributed by atoms with van der Waals surface area (Å²) in [5.74, 6) is -0.249. The molecule has 0 radical (unpaired) electrons. The number of carbonyl (C=O) groups excluding carboxylic acids is 2. The van der Waals surface area contributed by atoms with Gasteiger partial charge in [0.25, 0.3) is 0 Å². The van der Waals surface area contributed by atoms with Crippen LogP contribution in [0, 0.1) is 5.92 Å². The Morgan fingerprint density at radius 3 is 2.54 bits per heavy atom. The van der Waals surface area contributed by atoms with E-state index in [-0.39, 0.29) is 36.3 Å². The van der Waals surface area contributed by atoms with E-state index in [1.165, 1.54) is 22.1 Å². The van der Waals surface area contributed by atoms with Crippen molar-refractivity contribution in [1.82, 2.24) is 14.2 Å². The molecule has 9 nitrogen and oxygen atoms in total. The summed E-state index contributed by atoms with van der Waals surface area (Å²) >= 11 is 1.33. The minimum Gasteiger partial charge on any atom is -0.377 e. The smallest absolute Gasteiger partial charge is 0.248 e. The number of amides is 2. The number of nitrogens with one attached hydrogen (secondary N) is 1. The van der Waals surface area contributed by atoms with Crippen molar-refractivity contribution in [2.24, 2.45) is 5.92 Å². The number of sulfonamides is 1. The lowest BCUT2D eigenvalue weighted by Crippen LogP contribution is -2.58. The molecule has 1 N–H and O–H groups in total. The first-order valence-corrected chi connectivity index (χ1v) is 15.8. The molecule has 3 aromatic rings. The van der Waals surface area contributed by atoms with Crippen LogP contribution in [0.3, 0.4) is 0 Å². The molecule has 11 heteroatoms. The van der Waals surface area contributed by atoms with Gasteiger partial charge < -0.3 is 15.1 Å². The quantitative estimate of drug-likeness (QED) is 0.437. The molecule has 1 aliphatic carbocycles. The third-order valence-corrected chi connectivity index (χ3v) is 10.4. The van der Waals surface area contributed by atoms with E-state index in [9.17, 15) is 18.0 Å². The van der Waals surface area contributed by atoms with Crippen molar-refractivity contribution in [2.45, 2.75) is 49.5 Å². The van der Waals surface area contributed by atoms with Gasteiger partial charge in [0.15, 0.2) is 5.13 Å². The molecule has 2 fully saturated rings.